The lowest BCUT2D eigenvalue weighted by Gasteiger charge is -2.27. The molecule has 74 valence electrons. The van der Waals surface area contributed by atoms with Gasteiger partial charge in [0, 0.05) is 13.5 Å². The summed E-state index contributed by atoms with van der Waals surface area (Å²) in [5.74, 6) is -0.320. The first-order valence-electron chi connectivity index (χ1n) is 4.44. The molecule has 0 spiro atoms. The van der Waals surface area contributed by atoms with E-state index in [2.05, 4.69) is 0 Å². The van der Waals surface area contributed by atoms with E-state index in [4.69, 9.17) is 5.73 Å². The molecular formula is C10H11FN2O. The van der Waals surface area contributed by atoms with Crippen molar-refractivity contribution < 1.29 is 9.18 Å². The van der Waals surface area contributed by atoms with Crippen LogP contribution in [0.2, 0.25) is 0 Å². The van der Waals surface area contributed by atoms with Gasteiger partial charge in [-0.3, -0.25) is 4.79 Å². The lowest BCUT2D eigenvalue weighted by molar-refractivity contribution is -0.118. The van der Waals surface area contributed by atoms with E-state index in [1.165, 1.54) is 17.0 Å². The van der Waals surface area contributed by atoms with Crippen LogP contribution in [0.15, 0.2) is 12.1 Å². The number of nitrogens with zero attached hydrogens (tertiary/aromatic N) is 1. The average Bonchev–Trinajstić information content (AvgIpc) is 2.10. The molecule has 4 heteroatoms. The van der Waals surface area contributed by atoms with Crippen LogP contribution in [0.25, 0.3) is 0 Å². The van der Waals surface area contributed by atoms with Gasteiger partial charge >= 0.3 is 0 Å². The highest BCUT2D eigenvalue weighted by atomic mass is 19.1. The van der Waals surface area contributed by atoms with Gasteiger partial charge in [-0.1, -0.05) is 0 Å². The lowest BCUT2D eigenvalue weighted by Crippen LogP contribution is -2.32. The topological polar surface area (TPSA) is 46.3 Å². The van der Waals surface area contributed by atoms with Crippen molar-refractivity contribution in [1.29, 1.82) is 0 Å². The van der Waals surface area contributed by atoms with E-state index in [1.54, 1.807) is 7.05 Å². The quantitative estimate of drug-likeness (QED) is 0.633. The monoisotopic (exact) mass is 194 g/mol. The van der Waals surface area contributed by atoms with E-state index < -0.39 is 0 Å². The van der Waals surface area contributed by atoms with Gasteiger partial charge in [0.2, 0.25) is 5.91 Å². The molecule has 1 amide bonds. The predicted molar refractivity (Wildman–Crippen MR) is 52.5 cm³/mol. The Balaban J connectivity index is 2.60. The maximum Gasteiger partial charge on any atom is 0.227 e. The Morgan fingerprint density at radius 2 is 2.14 bits per heavy atom. The fourth-order valence-corrected chi connectivity index (χ4v) is 1.81. The zero-order valence-electron chi connectivity index (χ0n) is 7.88. The number of benzene rings is 1. The Morgan fingerprint density at radius 3 is 2.86 bits per heavy atom. The third-order valence-corrected chi connectivity index (χ3v) is 2.50. The number of carbonyl (C=O) groups is 1. The van der Waals surface area contributed by atoms with E-state index in [1.807, 2.05) is 0 Å². The van der Waals surface area contributed by atoms with Gasteiger partial charge in [-0.2, -0.15) is 0 Å². The first-order chi connectivity index (χ1) is 6.59. The van der Waals surface area contributed by atoms with Crippen molar-refractivity contribution in [3.8, 4) is 0 Å². The van der Waals surface area contributed by atoms with Crippen molar-refractivity contribution in [3.05, 3.63) is 23.5 Å². The van der Waals surface area contributed by atoms with Gasteiger partial charge in [0.1, 0.15) is 5.82 Å². The van der Waals surface area contributed by atoms with Crippen molar-refractivity contribution in [3.63, 3.8) is 0 Å². The van der Waals surface area contributed by atoms with Gasteiger partial charge in [0.25, 0.3) is 0 Å². The summed E-state index contributed by atoms with van der Waals surface area (Å²) in [6, 6.07) is 2.68. The molecule has 1 aromatic rings. The van der Waals surface area contributed by atoms with Crippen molar-refractivity contribution in [2.75, 3.05) is 17.7 Å². The Morgan fingerprint density at radius 1 is 1.43 bits per heavy atom. The predicted octanol–water partition coefficient (Wildman–Crippen LogP) is 1.32. The fraction of sp³-hybridized carbons (Fsp3) is 0.300. The van der Waals surface area contributed by atoms with Gasteiger partial charge in [-0.15, -0.1) is 0 Å². The number of amides is 1. The second-order valence-electron chi connectivity index (χ2n) is 3.46. The number of fused-ring (bicyclic) bond motifs is 1. The normalized spacial score (nSPS) is 15.6. The minimum absolute atomic E-state index is 0.0239. The number of rotatable bonds is 0. The molecule has 1 aromatic carbocycles. The van der Waals surface area contributed by atoms with Gasteiger partial charge in [-0.05, 0) is 24.1 Å². The van der Waals surface area contributed by atoms with Gasteiger partial charge in [-0.25, -0.2) is 4.39 Å². The van der Waals surface area contributed by atoms with Crippen LogP contribution in [0, 0.1) is 5.82 Å². The summed E-state index contributed by atoms with van der Waals surface area (Å²) < 4.78 is 13.0. The molecule has 1 aliphatic heterocycles. The summed E-state index contributed by atoms with van der Waals surface area (Å²) in [5.41, 5.74) is 7.46. The first-order valence-corrected chi connectivity index (χ1v) is 4.44. The summed E-state index contributed by atoms with van der Waals surface area (Å²) in [6.07, 6.45) is 0.993. The molecule has 1 heterocycles. The number of nitrogens with two attached hydrogens (primary N) is 1. The first kappa shape index (κ1) is 8.99. The number of halogens is 1. The summed E-state index contributed by atoms with van der Waals surface area (Å²) in [4.78, 5) is 12.9. The summed E-state index contributed by atoms with van der Waals surface area (Å²) in [7, 11) is 1.66. The highest BCUT2D eigenvalue weighted by molar-refractivity contribution is 5.99. The molecule has 0 saturated carbocycles. The fourth-order valence-electron chi connectivity index (χ4n) is 1.81. The van der Waals surface area contributed by atoms with Crippen LogP contribution in [0.4, 0.5) is 15.8 Å². The molecule has 2 rings (SSSR count). The molecule has 14 heavy (non-hydrogen) atoms. The van der Waals surface area contributed by atoms with Gasteiger partial charge in [0.05, 0.1) is 11.4 Å². The summed E-state index contributed by atoms with van der Waals surface area (Å²) in [6.45, 7) is 0. The Kier molecular flexibility index (Phi) is 1.91. The molecule has 0 saturated heterocycles. The van der Waals surface area contributed by atoms with E-state index in [0.717, 1.165) is 5.56 Å². The molecule has 0 unspecified atom stereocenters. The molecule has 0 radical (unpaired) electrons. The molecule has 0 aliphatic carbocycles. The highest BCUT2D eigenvalue weighted by Gasteiger charge is 2.23. The van der Waals surface area contributed by atoms with E-state index in [-0.39, 0.29) is 11.7 Å². The largest absolute Gasteiger partial charge is 0.397 e. The van der Waals surface area contributed by atoms with Gasteiger partial charge < -0.3 is 10.6 Å². The number of aryl methyl sites for hydroxylation is 1. The minimum Gasteiger partial charge on any atom is -0.397 e. The number of anilines is 2. The summed E-state index contributed by atoms with van der Waals surface area (Å²) in [5, 5.41) is 0. The molecule has 0 fully saturated rings. The van der Waals surface area contributed by atoms with E-state index in [9.17, 15) is 9.18 Å². The molecular weight excluding hydrogens is 183 g/mol. The lowest BCUT2D eigenvalue weighted by atomic mass is 10.0. The second kappa shape index (κ2) is 2.97. The van der Waals surface area contributed by atoms with Crippen LogP contribution in [0.5, 0.6) is 0 Å². The zero-order valence-corrected chi connectivity index (χ0v) is 7.88. The number of nitrogen functional groups attached to an aromatic ring is 1. The van der Waals surface area contributed by atoms with Crippen molar-refractivity contribution >= 4 is 17.3 Å². The van der Waals surface area contributed by atoms with Crippen LogP contribution < -0.4 is 10.6 Å². The maximum absolute atomic E-state index is 13.0. The minimum atomic E-state index is -0.344. The molecule has 1 aliphatic rings. The second-order valence-corrected chi connectivity index (χ2v) is 3.46. The van der Waals surface area contributed by atoms with Crippen LogP contribution in [0.3, 0.4) is 0 Å². The van der Waals surface area contributed by atoms with E-state index >= 15 is 0 Å². The third-order valence-electron chi connectivity index (χ3n) is 2.50. The molecule has 0 aromatic heterocycles. The SMILES string of the molecule is CN1C(=O)CCc2cc(F)cc(N)c21. The summed E-state index contributed by atoms with van der Waals surface area (Å²) >= 11 is 0. The number of hydrogen-bond donors (Lipinski definition) is 1. The van der Waals surface area contributed by atoms with Crippen molar-refractivity contribution in [1.82, 2.24) is 0 Å². The molecule has 2 N–H and O–H groups in total. The molecule has 0 atom stereocenters. The van der Waals surface area contributed by atoms with Crippen LogP contribution >= 0.6 is 0 Å². The Hall–Kier alpha value is -1.58. The van der Waals surface area contributed by atoms with Crippen molar-refractivity contribution in [2.45, 2.75) is 12.8 Å². The van der Waals surface area contributed by atoms with Crippen LogP contribution in [-0.4, -0.2) is 13.0 Å². The third kappa shape index (κ3) is 1.23. The Labute approximate surface area is 81.3 Å². The van der Waals surface area contributed by atoms with Gasteiger partial charge in [0.15, 0.2) is 0 Å². The van der Waals surface area contributed by atoms with E-state index in [0.29, 0.717) is 24.2 Å². The molecule has 3 nitrogen and oxygen atoms in total. The maximum atomic E-state index is 13.0. The molecule has 0 bridgehead atoms. The zero-order chi connectivity index (χ0) is 10.3. The van der Waals surface area contributed by atoms with Crippen LogP contribution in [0.1, 0.15) is 12.0 Å². The Bertz CT molecular complexity index is 403. The average molecular weight is 194 g/mol. The smallest absolute Gasteiger partial charge is 0.227 e. The number of hydrogen-bond acceptors (Lipinski definition) is 2. The van der Waals surface area contributed by atoms with Crippen LogP contribution in [-0.2, 0) is 11.2 Å². The highest BCUT2D eigenvalue weighted by Crippen LogP contribution is 2.33. The standard InChI is InChI=1S/C10H11FN2O/c1-13-9(14)3-2-6-4-7(11)5-8(12)10(6)13/h4-5H,2-3,12H2,1H3. The van der Waals surface area contributed by atoms with Crippen molar-refractivity contribution in [2.24, 2.45) is 0 Å². The number of carbonyl (C=O) groups excluding carboxylic acids is 1.